The Hall–Kier alpha value is -2.50. The van der Waals surface area contributed by atoms with Crippen LogP contribution in [0.1, 0.15) is 29.6 Å². The second kappa shape index (κ2) is 6.51. The van der Waals surface area contributed by atoms with E-state index in [4.69, 9.17) is 0 Å². The third-order valence-electron chi connectivity index (χ3n) is 3.62. The van der Waals surface area contributed by atoms with Gasteiger partial charge >= 0.3 is 0 Å². The summed E-state index contributed by atoms with van der Waals surface area (Å²) in [6.45, 7) is 1.59. The van der Waals surface area contributed by atoms with Gasteiger partial charge in [0.25, 0.3) is 5.91 Å². The number of piperidine rings is 1. The number of halogens is 1. The Balaban J connectivity index is 1.68. The molecule has 2 heterocycles. The number of anilines is 2. The molecule has 2 aromatic rings. The highest BCUT2D eigenvalue weighted by atomic mass is 19.1. The van der Waals surface area contributed by atoms with Crippen LogP contribution in [-0.2, 0) is 0 Å². The molecule has 0 bridgehead atoms. The molecule has 1 amide bonds. The van der Waals surface area contributed by atoms with Crippen molar-refractivity contribution in [3.8, 4) is 0 Å². The third-order valence-corrected chi connectivity index (χ3v) is 3.62. The molecule has 0 spiro atoms. The van der Waals surface area contributed by atoms with Gasteiger partial charge in [0.1, 0.15) is 5.82 Å². The van der Waals surface area contributed by atoms with E-state index in [-0.39, 0.29) is 11.7 Å². The first kappa shape index (κ1) is 14.4. The summed E-state index contributed by atoms with van der Waals surface area (Å²) >= 11 is 0. The number of nitrogens with one attached hydrogen (secondary N) is 1. The lowest BCUT2D eigenvalue weighted by Gasteiger charge is -2.26. The van der Waals surface area contributed by atoms with Crippen molar-refractivity contribution in [1.82, 2.24) is 14.9 Å². The van der Waals surface area contributed by atoms with Crippen LogP contribution in [0.3, 0.4) is 0 Å². The van der Waals surface area contributed by atoms with Crippen LogP contribution in [0.2, 0.25) is 0 Å². The summed E-state index contributed by atoms with van der Waals surface area (Å²) < 4.78 is 13.1. The van der Waals surface area contributed by atoms with Crippen LogP contribution in [0.25, 0.3) is 0 Å². The number of hydrogen-bond donors (Lipinski definition) is 1. The number of nitrogens with zero attached hydrogens (tertiary/aromatic N) is 3. The van der Waals surface area contributed by atoms with Gasteiger partial charge in [0, 0.05) is 31.2 Å². The van der Waals surface area contributed by atoms with Gasteiger partial charge in [0.2, 0.25) is 5.95 Å². The number of amides is 1. The van der Waals surface area contributed by atoms with Crippen molar-refractivity contribution in [2.75, 3.05) is 18.4 Å². The van der Waals surface area contributed by atoms with Crippen molar-refractivity contribution in [3.63, 3.8) is 0 Å². The third kappa shape index (κ3) is 3.39. The predicted molar refractivity (Wildman–Crippen MR) is 81.5 cm³/mol. The molecule has 0 unspecified atom stereocenters. The van der Waals surface area contributed by atoms with Crippen molar-refractivity contribution in [2.45, 2.75) is 19.3 Å². The minimum absolute atomic E-state index is 0.0306. The minimum atomic E-state index is -0.332. The normalized spacial score (nSPS) is 14.7. The Morgan fingerprint density at radius 3 is 2.55 bits per heavy atom. The first-order valence-corrected chi connectivity index (χ1v) is 7.36. The van der Waals surface area contributed by atoms with Crippen molar-refractivity contribution in [3.05, 3.63) is 48.0 Å². The molecule has 6 heteroatoms. The number of rotatable bonds is 3. The Kier molecular flexibility index (Phi) is 4.27. The van der Waals surface area contributed by atoms with E-state index in [1.807, 2.05) is 4.90 Å². The highest BCUT2D eigenvalue weighted by molar-refractivity contribution is 5.93. The van der Waals surface area contributed by atoms with Crippen LogP contribution in [0, 0.1) is 5.82 Å². The zero-order valence-corrected chi connectivity index (χ0v) is 12.1. The van der Waals surface area contributed by atoms with Gasteiger partial charge in [-0.05, 0) is 37.5 Å². The van der Waals surface area contributed by atoms with Crippen LogP contribution in [0.4, 0.5) is 16.0 Å². The van der Waals surface area contributed by atoms with Crippen LogP contribution in [0.15, 0.2) is 36.7 Å². The predicted octanol–water partition coefficient (Wildman–Crippen LogP) is 2.99. The highest BCUT2D eigenvalue weighted by Gasteiger charge is 2.18. The van der Waals surface area contributed by atoms with Gasteiger partial charge in [-0.25, -0.2) is 14.4 Å². The van der Waals surface area contributed by atoms with Gasteiger partial charge in [-0.1, -0.05) is 6.07 Å². The van der Waals surface area contributed by atoms with Gasteiger partial charge in [-0.15, -0.1) is 0 Å². The maximum Gasteiger partial charge on any atom is 0.256 e. The molecule has 0 saturated carbocycles. The second-order valence-corrected chi connectivity index (χ2v) is 5.28. The summed E-state index contributed by atoms with van der Waals surface area (Å²) in [5, 5.41) is 2.90. The van der Waals surface area contributed by atoms with E-state index >= 15 is 0 Å². The molecule has 1 aromatic carbocycles. The lowest BCUT2D eigenvalue weighted by Crippen LogP contribution is -2.35. The topological polar surface area (TPSA) is 58.1 Å². The molecular formula is C16H17FN4O. The average Bonchev–Trinajstić information content (AvgIpc) is 2.56. The smallest absolute Gasteiger partial charge is 0.256 e. The molecular weight excluding hydrogens is 283 g/mol. The average molecular weight is 300 g/mol. The molecule has 0 radical (unpaired) electrons. The molecule has 1 aliphatic heterocycles. The lowest BCUT2D eigenvalue weighted by molar-refractivity contribution is 0.0723. The summed E-state index contributed by atoms with van der Waals surface area (Å²) in [5.41, 5.74) is 1.04. The Bertz CT molecular complexity index is 653. The van der Waals surface area contributed by atoms with Gasteiger partial charge in [-0.3, -0.25) is 4.79 Å². The lowest BCUT2D eigenvalue weighted by atomic mass is 10.1. The fourth-order valence-electron chi connectivity index (χ4n) is 2.48. The second-order valence-electron chi connectivity index (χ2n) is 5.28. The molecule has 0 atom stereocenters. The van der Waals surface area contributed by atoms with Crippen molar-refractivity contribution >= 4 is 17.5 Å². The fourth-order valence-corrected chi connectivity index (χ4v) is 2.48. The van der Waals surface area contributed by atoms with Crippen LogP contribution >= 0.6 is 0 Å². The standard InChI is InChI=1S/C16H17FN4O/c17-13-5-4-6-14(9-13)20-16-18-10-12(11-19-16)15(22)21-7-2-1-3-8-21/h4-6,9-11H,1-3,7-8H2,(H,18,19,20). The minimum Gasteiger partial charge on any atom is -0.339 e. The SMILES string of the molecule is O=C(c1cnc(Nc2cccc(F)c2)nc1)N1CCCCC1. The van der Waals surface area contributed by atoms with E-state index in [2.05, 4.69) is 15.3 Å². The monoisotopic (exact) mass is 300 g/mol. The zero-order chi connectivity index (χ0) is 15.4. The van der Waals surface area contributed by atoms with Crippen molar-refractivity contribution < 1.29 is 9.18 Å². The van der Waals surface area contributed by atoms with E-state index in [1.165, 1.54) is 30.9 Å². The molecule has 3 rings (SSSR count). The molecule has 0 aliphatic carbocycles. The van der Waals surface area contributed by atoms with Crippen molar-refractivity contribution in [2.24, 2.45) is 0 Å². The summed E-state index contributed by atoms with van der Waals surface area (Å²) in [6, 6.07) is 6.05. The number of carbonyl (C=O) groups is 1. The van der Waals surface area contributed by atoms with Gasteiger partial charge in [0.15, 0.2) is 0 Å². The largest absolute Gasteiger partial charge is 0.339 e. The first-order valence-electron chi connectivity index (χ1n) is 7.36. The van der Waals surface area contributed by atoms with Gasteiger partial charge in [-0.2, -0.15) is 0 Å². The van der Waals surface area contributed by atoms with E-state index in [1.54, 1.807) is 12.1 Å². The van der Waals surface area contributed by atoms with Crippen molar-refractivity contribution in [1.29, 1.82) is 0 Å². The number of hydrogen-bond acceptors (Lipinski definition) is 4. The van der Waals surface area contributed by atoms with E-state index in [9.17, 15) is 9.18 Å². The fraction of sp³-hybridized carbons (Fsp3) is 0.312. The van der Waals surface area contributed by atoms with Crippen LogP contribution in [0.5, 0.6) is 0 Å². The maximum absolute atomic E-state index is 13.1. The van der Waals surface area contributed by atoms with E-state index < -0.39 is 0 Å². The molecule has 114 valence electrons. The molecule has 5 nitrogen and oxygen atoms in total. The Morgan fingerprint density at radius 1 is 1.14 bits per heavy atom. The molecule has 1 saturated heterocycles. The summed E-state index contributed by atoms with van der Waals surface area (Å²) in [4.78, 5) is 22.4. The van der Waals surface area contributed by atoms with Gasteiger partial charge in [0.05, 0.1) is 5.56 Å². The zero-order valence-electron chi connectivity index (χ0n) is 12.1. The summed E-state index contributed by atoms with van der Waals surface area (Å²) in [5.74, 6) is -0.0281. The Morgan fingerprint density at radius 2 is 1.86 bits per heavy atom. The number of carbonyl (C=O) groups excluding carboxylic acids is 1. The quantitative estimate of drug-likeness (QED) is 0.946. The van der Waals surface area contributed by atoms with Crippen LogP contribution in [-0.4, -0.2) is 33.9 Å². The van der Waals surface area contributed by atoms with Gasteiger partial charge < -0.3 is 10.2 Å². The summed E-state index contributed by atoms with van der Waals surface area (Å²) in [7, 11) is 0. The number of likely N-dealkylation sites (tertiary alicyclic amines) is 1. The molecule has 1 aliphatic rings. The van der Waals surface area contributed by atoms with E-state index in [0.29, 0.717) is 17.2 Å². The Labute approximate surface area is 128 Å². The highest BCUT2D eigenvalue weighted by Crippen LogP contribution is 2.15. The van der Waals surface area contributed by atoms with E-state index in [0.717, 1.165) is 25.9 Å². The molecule has 1 fully saturated rings. The summed E-state index contributed by atoms with van der Waals surface area (Å²) in [6.07, 6.45) is 6.28. The number of benzene rings is 1. The number of aromatic nitrogens is 2. The molecule has 1 aromatic heterocycles. The first-order chi connectivity index (χ1) is 10.7. The maximum atomic E-state index is 13.1. The molecule has 22 heavy (non-hydrogen) atoms. The van der Waals surface area contributed by atoms with Crippen LogP contribution < -0.4 is 5.32 Å². The molecule has 1 N–H and O–H groups in total.